The van der Waals surface area contributed by atoms with Crippen molar-refractivity contribution >= 4 is 23.4 Å². The number of hydrogen-bond acceptors (Lipinski definition) is 9. The van der Waals surface area contributed by atoms with Gasteiger partial charge in [-0.3, -0.25) is 10.2 Å². The minimum Gasteiger partial charge on any atom is -0.461 e. The Labute approximate surface area is 233 Å². The molecular formula is C27H28F3N7O4. The van der Waals surface area contributed by atoms with Gasteiger partial charge in [0.2, 0.25) is 0 Å². The van der Waals surface area contributed by atoms with Crippen molar-refractivity contribution in [3.63, 3.8) is 0 Å². The first kappa shape index (κ1) is 27.1. The summed E-state index contributed by atoms with van der Waals surface area (Å²) in [7, 11) is 0. The first-order valence-corrected chi connectivity index (χ1v) is 13.2. The van der Waals surface area contributed by atoms with E-state index in [0.29, 0.717) is 24.7 Å². The number of halogens is 3. The number of ether oxygens (including phenoxy) is 3. The topological polar surface area (TPSA) is 115 Å². The summed E-state index contributed by atoms with van der Waals surface area (Å²) in [5.74, 6) is -0.0506. The van der Waals surface area contributed by atoms with E-state index in [1.807, 2.05) is 13.8 Å². The van der Waals surface area contributed by atoms with E-state index in [1.54, 1.807) is 6.20 Å². The molecule has 3 aromatic rings. The van der Waals surface area contributed by atoms with Crippen LogP contribution in [-0.2, 0) is 15.7 Å². The quantitative estimate of drug-likeness (QED) is 0.473. The minimum absolute atomic E-state index is 0.0631. The molecule has 1 N–H and O–H groups in total. The van der Waals surface area contributed by atoms with Gasteiger partial charge in [-0.1, -0.05) is 12.1 Å². The van der Waals surface area contributed by atoms with Crippen molar-refractivity contribution < 1.29 is 32.2 Å². The molecule has 2 aromatic heterocycles. The number of nitrogens with zero attached hydrogens (tertiary/aromatic N) is 6. The number of rotatable bonds is 5. The number of anilines is 3. The maximum absolute atomic E-state index is 13.7. The maximum atomic E-state index is 13.7. The molecule has 3 aliphatic rings. The molecule has 3 aliphatic heterocycles. The molecule has 2 saturated heterocycles. The number of urea groups is 1. The van der Waals surface area contributed by atoms with E-state index in [9.17, 15) is 18.0 Å². The van der Waals surface area contributed by atoms with Crippen molar-refractivity contribution in [1.29, 1.82) is 0 Å². The molecule has 0 saturated carbocycles. The van der Waals surface area contributed by atoms with Crippen LogP contribution in [0.1, 0.15) is 32.3 Å². The number of alkyl halides is 3. The molecule has 11 nitrogen and oxygen atoms in total. The van der Waals surface area contributed by atoms with Crippen LogP contribution in [0.4, 0.5) is 35.3 Å². The first-order chi connectivity index (χ1) is 19.6. The third-order valence-electron chi connectivity index (χ3n) is 7.08. The van der Waals surface area contributed by atoms with Crippen LogP contribution in [0, 0.1) is 0 Å². The Hall–Kier alpha value is -4.04. The van der Waals surface area contributed by atoms with Crippen LogP contribution in [0.5, 0.6) is 6.01 Å². The average Bonchev–Trinajstić information content (AvgIpc) is 3.30. The van der Waals surface area contributed by atoms with Gasteiger partial charge in [-0.05, 0) is 44.9 Å². The first-order valence-electron chi connectivity index (χ1n) is 13.2. The summed E-state index contributed by atoms with van der Waals surface area (Å²) in [6.07, 6.45) is -0.159. The van der Waals surface area contributed by atoms with Crippen molar-refractivity contribution in [3.05, 3.63) is 48.3 Å². The molecule has 6 rings (SSSR count). The van der Waals surface area contributed by atoms with Gasteiger partial charge in [-0.2, -0.15) is 18.2 Å². The molecular weight excluding hydrogens is 543 g/mol. The van der Waals surface area contributed by atoms with Crippen molar-refractivity contribution in [1.82, 2.24) is 19.9 Å². The zero-order valence-corrected chi connectivity index (χ0v) is 22.4. The molecule has 0 aliphatic carbocycles. The number of fused-ring (bicyclic) bond motifs is 4. The number of carbonyl (C=O) groups excluding carboxylic acids is 1. The minimum atomic E-state index is -4.51. The van der Waals surface area contributed by atoms with E-state index in [-0.39, 0.29) is 42.0 Å². The second-order valence-electron chi connectivity index (χ2n) is 10.5. The number of nitrogens with one attached hydrogen (secondary N) is 1. The lowest BCUT2D eigenvalue weighted by Gasteiger charge is -2.45. The van der Waals surface area contributed by atoms with Crippen molar-refractivity contribution in [2.45, 2.75) is 50.8 Å². The molecule has 1 aromatic carbocycles. The predicted molar refractivity (Wildman–Crippen MR) is 142 cm³/mol. The van der Waals surface area contributed by atoms with Gasteiger partial charge in [-0.25, -0.2) is 19.7 Å². The number of amides is 2. The lowest BCUT2D eigenvalue weighted by molar-refractivity contribution is -0.141. The summed E-state index contributed by atoms with van der Waals surface area (Å²) in [5, 5.41) is 2.80. The van der Waals surface area contributed by atoms with E-state index in [4.69, 9.17) is 14.2 Å². The average molecular weight is 572 g/mol. The fraction of sp³-hybridized carbons (Fsp3) is 0.444. The summed E-state index contributed by atoms with van der Waals surface area (Å²) in [6, 6.07) is 5.74. The molecule has 2 amide bonds. The van der Waals surface area contributed by atoms with Crippen LogP contribution in [-0.4, -0.2) is 70.2 Å². The Bertz CT molecular complexity index is 1450. The number of piperidine rings is 1. The van der Waals surface area contributed by atoms with Gasteiger partial charge in [0.05, 0.1) is 30.1 Å². The second-order valence-corrected chi connectivity index (χ2v) is 10.5. The molecule has 5 heterocycles. The summed E-state index contributed by atoms with van der Waals surface area (Å²) in [6.45, 7) is 5.54. The molecule has 14 heteroatoms. The largest absolute Gasteiger partial charge is 0.461 e. The fourth-order valence-electron chi connectivity index (χ4n) is 5.22. The Balaban J connectivity index is 1.24. The molecule has 0 unspecified atom stereocenters. The molecule has 2 atom stereocenters. The third kappa shape index (κ3) is 5.75. The van der Waals surface area contributed by atoms with Crippen LogP contribution in [0.3, 0.4) is 0 Å². The van der Waals surface area contributed by atoms with Gasteiger partial charge < -0.3 is 19.1 Å². The Morgan fingerprint density at radius 2 is 2.07 bits per heavy atom. The number of carbonyl (C=O) groups is 1. The Kier molecular flexibility index (Phi) is 6.90. The smallest absolute Gasteiger partial charge is 0.416 e. The number of aromatic nitrogens is 4. The fourth-order valence-corrected chi connectivity index (χ4v) is 5.22. The SMILES string of the molecule is CC1(C)OC[C@H](COc2nccc(NC(=O)N3c4nc(-c5cccc(C(F)(F)F)c5)ncc4N4CCC[C@H]3C4)n2)O1. The molecule has 0 radical (unpaired) electrons. The van der Waals surface area contributed by atoms with Crippen LogP contribution in [0.2, 0.25) is 0 Å². The van der Waals surface area contributed by atoms with E-state index < -0.39 is 23.6 Å². The van der Waals surface area contributed by atoms with E-state index in [2.05, 4.69) is 30.2 Å². The Morgan fingerprint density at radius 3 is 2.85 bits per heavy atom. The van der Waals surface area contributed by atoms with Crippen molar-refractivity contribution in [2.24, 2.45) is 0 Å². The van der Waals surface area contributed by atoms with Crippen LogP contribution in [0.25, 0.3) is 11.4 Å². The second kappa shape index (κ2) is 10.4. The summed E-state index contributed by atoms with van der Waals surface area (Å²) in [5.41, 5.74) is 0.0376. The highest BCUT2D eigenvalue weighted by molar-refractivity contribution is 6.04. The van der Waals surface area contributed by atoms with Crippen LogP contribution >= 0.6 is 0 Å². The van der Waals surface area contributed by atoms with Gasteiger partial charge in [0.1, 0.15) is 18.5 Å². The van der Waals surface area contributed by atoms with E-state index in [1.165, 1.54) is 29.3 Å². The summed E-state index contributed by atoms with van der Waals surface area (Å²) >= 11 is 0. The summed E-state index contributed by atoms with van der Waals surface area (Å²) in [4.78, 5) is 34.7. The lowest BCUT2D eigenvalue weighted by atomic mass is 10.0. The normalized spacial score (nSPS) is 21.4. The lowest BCUT2D eigenvalue weighted by Crippen LogP contribution is -2.56. The summed E-state index contributed by atoms with van der Waals surface area (Å²) < 4.78 is 56.9. The predicted octanol–water partition coefficient (Wildman–Crippen LogP) is 4.50. The van der Waals surface area contributed by atoms with Gasteiger partial charge in [-0.15, -0.1) is 0 Å². The highest BCUT2D eigenvalue weighted by Gasteiger charge is 2.39. The molecule has 2 fully saturated rings. The number of hydrogen-bond donors (Lipinski definition) is 1. The highest BCUT2D eigenvalue weighted by Crippen LogP contribution is 2.39. The monoisotopic (exact) mass is 571 g/mol. The molecule has 2 bridgehead atoms. The standard InChI is InChI=1S/C27H28F3N7O4/c1-26(2)40-15-19(41-26)14-39-24-31-9-8-21(33-24)34-25(38)37-18-7-4-10-36(13-18)20-12-32-22(35-23(20)37)16-5-3-6-17(11-16)27(28,29)30/h3,5-6,8-9,11-12,18-19H,4,7,10,13-15H2,1-2H3,(H,31,33,34,38)/t18-,19-/m0/s1. The van der Waals surface area contributed by atoms with Gasteiger partial charge in [0.25, 0.3) is 0 Å². The van der Waals surface area contributed by atoms with Crippen LogP contribution < -0.4 is 19.9 Å². The number of benzene rings is 1. The zero-order chi connectivity index (χ0) is 28.8. The van der Waals surface area contributed by atoms with Crippen LogP contribution in [0.15, 0.2) is 42.7 Å². The Morgan fingerprint density at radius 1 is 1.22 bits per heavy atom. The highest BCUT2D eigenvalue weighted by atomic mass is 19.4. The zero-order valence-electron chi connectivity index (χ0n) is 22.4. The maximum Gasteiger partial charge on any atom is 0.416 e. The third-order valence-corrected chi connectivity index (χ3v) is 7.08. The van der Waals surface area contributed by atoms with Crippen molar-refractivity contribution in [3.8, 4) is 17.4 Å². The van der Waals surface area contributed by atoms with Gasteiger partial charge in [0, 0.05) is 24.8 Å². The van der Waals surface area contributed by atoms with E-state index >= 15 is 0 Å². The van der Waals surface area contributed by atoms with Crippen molar-refractivity contribution in [2.75, 3.05) is 41.4 Å². The molecule has 41 heavy (non-hydrogen) atoms. The van der Waals surface area contributed by atoms with Gasteiger partial charge in [0.15, 0.2) is 17.4 Å². The van der Waals surface area contributed by atoms with E-state index in [0.717, 1.165) is 31.5 Å². The molecule has 216 valence electrons. The van der Waals surface area contributed by atoms with Gasteiger partial charge >= 0.3 is 18.2 Å². The molecule has 0 spiro atoms.